The van der Waals surface area contributed by atoms with E-state index in [4.69, 9.17) is 0 Å². The smallest absolute Gasteiger partial charge is 0.258 e. The minimum absolute atomic E-state index is 0.0665. The predicted molar refractivity (Wildman–Crippen MR) is 99.2 cm³/mol. The van der Waals surface area contributed by atoms with Gasteiger partial charge in [-0.1, -0.05) is 55.1 Å². The van der Waals surface area contributed by atoms with Gasteiger partial charge in [-0.15, -0.1) is 0 Å². The average Bonchev–Trinajstić information content (AvgIpc) is 2.60. The second-order valence-electron chi connectivity index (χ2n) is 5.39. The molecule has 0 aliphatic heterocycles. The number of hydrogen-bond acceptors (Lipinski definition) is 5. The summed E-state index contributed by atoms with van der Waals surface area (Å²) in [7, 11) is 0. The molecule has 25 heavy (non-hydrogen) atoms. The van der Waals surface area contributed by atoms with Gasteiger partial charge in [-0.05, 0) is 17.9 Å². The highest BCUT2D eigenvalue weighted by Gasteiger charge is 2.11. The van der Waals surface area contributed by atoms with Crippen molar-refractivity contribution in [2.45, 2.75) is 18.5 Å². The van der Waals surface area contributed by atoms with Crippen LogP contribution in [0.5, 0.6) is 5.88 Å². The molecule has 0 atom stereocenters. The Balaban J connectivity index is 1.70. The number of aromatic amines is 1. The molecule has 1 amide bonds. The highest BCUT2D eigenvalue weighted by atomic mass is 32.2. The first-order valence-corrected chi connectivity index (χ1v) is 8.79. The zero-order valence-corrected chi connectivity index (χ0v) is 14.4. The third-order valence-corrected chi connectivity index (χ3v) is 4.60. The maximum atomic E-state index is 12.2. The summed E-state index contributed by atoms with van der Waals surface area (Å²) in [6.45, 7) is 1.76. The van der Waals surface area contributed by atoms with Crippen LogP contribution in [0.1, 0.15) is 12.5 Å². The van der Waals surface area contributed by atoms with E-state index < -0.39 is 0 Å². The zero-order chi connectivity index (χ0) is 17.8. The number of benzene rings is 2. The Morgan fingerprint density at radius 2 is 2.00 bits per heavy atom. The van der Waals surface area contributed by atoms with Crippen molar-refractivity contribution in [1.29, 1.82) is 0 Å². The molecule has 3 rings (SSSR count). The number of aromatic hydroxyl groups is 1. The van der Waals surface area contributed by atoms with Crippen molar-refractivity contribution in [3.63, 3.8) is 0 Å². The van der Waals surface area contributed by atoms with E-state index in [1.54, 1.807) is 6.92 Å². The van der Waals surface area contributed by atoms with Gasteiger partial charge >= 0.3 is 0 Å². The summed E-state index contributed by atoms with van der Waals surface area (Å²) < 4.78 is 0. The van der Waals surface area contributed by atoms with Crippen LogP contribution in [0.25, 0.3) is 10.8 Å². The monoisotopic (exact) mass is 355 g/mol. The molecule has 0 aliphatic carbocycles. The standard InChI is InChI=1S/C18H17N3O3S/c1-2-12-16(23)20-18(21-17(12)24)25-10-15(22)19-14-9-5-7-11-6-3-4-8-13(11)14/h3-9H,2,10H2,1H3,(H,19,22)(H2,20,21,23,24). The zero-order valence-electron chi connectivity index (χ0n) is 13.6. The number of rotatable bonds is 5. The molecule has 0 saturated carbocycles. The van der Waals surface area contributed by atoms with Crippen molar-refractivity contribution < 1.29 is 9.90 Å². The molecule has 3 N–H and O–H groups in total. The van der Waals surface area contributed by atoms with Crippen LogP contribution in [0.2, 0.25) is 0 Å². The van der Waals surface area contributed by atoms with Crippen LogP contribution in [0.15, 0.2) is 52.4 Å². The van der Waals surface area contributed by atoms with Crippen LogP contribution in [0.3, 0.4) is 0 Å². The third-order valence-electron chi connectivity index (χ3n) is 3.73. The topological polar surface area (TPSA) is 95.1 Å². The van der Waals surface area contributed by atoms with Gasteiger partial charge in [-0.3, -0.25) is 9.59 Å². The van der Waals surface area contributed by atoms with Gasteiger partial charge in [0.1, 0.15) is 0 Å². The van der Waals surface area contributed by atoms with Gasteiger partial charge in [0.15, 0.2) is 5.16 Å². The molecule has 128 valence electrons. The Labute approximate surface area is 148 Å². The van der Waals surface area contributed by atoms with Crippen molar-refractivity contribution in [1.82, 2.24) is 9.97 Å². The summed E-state index contributed by atoms with van der Waals surface area (Å²) in [5.41, 5.74) is 0.589. The molecule has 0 unspecified atom stereocenters. The number of hydrogen-bond donors (Lipinski definition) is 3. The quantitative estimate of drug-likeness (QED) is 0.483. The number of carbonyl (C=O) groups excluding carboxylic acids is 1. The van der Waals surface area contributed by atoms with Crippen molar-refractivity contribution >= 4 is 34.1 Å². The van der Waals surface area contributed by atoms with Crippen molar-refractivity contribution in [3.8, 4) is 5.88 Å². The number of amides is 1. The number of H-pyrrole nitrogens is 1. The largest absolute Gasteiger partial charge is 0.493 e. The molecule has 6 nitrogen and oxygen atoms in total. The average molecular weight is 355 g/mol. The van der Waals surface area contributed by atoms with E-state index in [-0.39, 0.29) is 33.8 Å². The normalized spacial score (nSPS) is 10.8. The Morgan fingerprint density at radius 1 is 1.24 bits per heavy atom. The number of aromatic nitrogens is 2. The van der Waals surface area contributed by atoms with Crippen LogP contribution in [0.4, 0.5) is 5.69 Å². The fourth-order valence-corrected chi connectivity index (χ4v) is 3.16. The third kappa shape index (κ3) is 3.83. The van der Waals surface area contributed by atoms with E-state index >= 15 is 0 Å². The molecule has 0 fully saturated rings. The minimum Gasteiger partial charge on any atom is -0.493 e. The maximum absolute atomic E-state index is 12.2. The van der Waals surface area contributed by atoms with Crippen LogP contribution >= 0.6 is 11.8 Å². The van der Waals surface area contributed by atoms with Gasteiger partial charge < -0.3 is 15.4 Å². The first kappa shape index (κ1) is 17.0. The SMILES string of the molecule is CCc1c(O)nc(SCC(=O)Nc2cccc3ccccc23)[nH]c1=O. The molecule has 2 aromatic carbocycles. The van der Waals surface area contributed by atoms with Crippen LogP contribution in [0, 0.1) is 0 Å². The fraction of sp³-hybridized carbons (Fsp3) is 0.167. The van der Waals surface area contributed by atoms with E-state index in [1.165, 1.54) is 0 Å². The van der Waals surface area contributed by atoms with Crippen molar-refractivity contribution in [2.75, 3.05) is 11.1 Å². The number of nitrogens with zero attached hydrogens (tertiary/aromatic N) is 1. The van der Waals surface area contributed by atoms with Crippen molar-refractivity contribution in [3.05, 3.63) is 58.4 Å². The molecule has 0 aliphatic rings. The van der Waals surface area contributed by atoms with Gasteiger partial charge in [0, 0.05) is 11.1 Å². The number of carbonyl (C=O) groups is 1. The molecule has 7 heteroatoms. The summed E-state index contributed by atoms with van der Waals surface area (Å²) >= 11 is 1.06. The van der Waals surface area contributed by atoms with Gasteiger partial charge in [0.25, 0.3) is 5.56 Å². The second kappa shape index (κ2) is 7.40. The van der Waals surface area contributed by atoms with Crippen LogP contribution in [-0.4, -0.2) is 26.7 Å². The first-order chi connectivity index (χ1) is 12.1. The molecule has 0 radical (unpaired) electrons. The van der Waals surface area contributed by atoms with E-state index in [1.807, 2.05) is 42.5 Å². The number of nitrogens with one attached hydrogen (secondary N) is 2. The molecule has 0 spiro atoms. The maximum Gasteiger partial charge on any atom is 0.258 e. The molecule has 1 heterocycles. The lowest BCUT2D eigenvalue weighted by molar-refractivity contribution is -0.113. The lowest BCUT2D eigenvalue weighted by atomic mass is 10.1. The minimum atomic E-state index is -0.382. The molecular weight excluding hydrogens is 338 g/mol. The Kier molecular flexibility index (Phi) is 5.04. The number of thioether (sulfide) groups is 1. The summed E-state index contributed by atoms with van der Waals surface area (Å²) in [6, 6.07) is 13.5. The van der Waals surface area contributed by atoms with Gasteiger partial charge in [-0.2, -0.15) is 4.98 Å². The lowest BCUT2D eigenvalue weighted by Crippen LogP contribution is -2.17. The predicted octanol–water partition coefficient (Wildman–Crippen LogP) is 2.92. The summed E-state index contributed by atoms with van der Waals surface area (Å²) in [6.07, 6.45) is 0.390. The van der Waals surface area contributed by atoms with Gasteiger partial charge in [0.05, 0.1) is 11.3 Å². The summed E-state index contributed by atoms with van der Waals surface area (Å²) in [5.74, 6) is -0.442. The van der Waals surface area contributed by atoms with Gasteiger partial charge in [0.2, 0.25) is 11.8 Å². The van der Waals surface area contributed by atoms with E-state index in [2.05, 4.69) is 15.3 Å². The summed E-state index contributed by atoms with van der Waals surface area (Å²) in [4.78, 5) is 30.5. The number of anilines is 1. The van der Waals surface area contributed by atoms with Gasteiger partial charge in [-0.25, -0.2) is 0 Å². The molecule has 1 aromatic heterocycles. The second-order valence-corrected chi connectivity index (χ2v) is 6.35. The van der Waals surface area contributed by atoms with E-state index in [0.717, 1.165) is 28.2 Å². The van der Waals surface area contributed by atoms with E-state index in [0.29, 0.717) is 6.42 Å². The van der Waals surface area contributed by atoms with E-state index in [9.17, 15) is 14.7 Å². The number of fused-ring (bicyclic) bond motifs is 1. The van der Waals surface area contributed by atoms with Crippen LogP contribution < -0.4 is 10.9 Å². The lowest BCUT2D eigenvalue weighted by Gasteiger charge is -2.08. The molecule has 3 aromatic rings. The fourth-order valence-electron chi connectivity index (χ4n) is 2.51. The Morgan fingerprint density at radius 3 is 2.76 bits per heavy atom. The Hall–Kier alpha value is -2.80. The Bertz CT molecular complexity index is 979. The molecular formula is C18H17N3O3S. The highest BCUT2D eigenvalue weighted by molar-refractivity contribution is 7.99. The molecule has 0 bridgehead atoms. The summed E-state index contributed by atoms with van der Waals surface area (Å²) in [5, 5.41) is 14.8. The van der Waals surface area contributed by atoms with Crippen molar-refractivity contribution in [2.24, 2.45) is 0 Å². The van der Waals surface area contributed by atoms with Crippen LogP contribution in [-0.2, 0) is 11.2 Å². The highest BCUT2D eigenvalue weighted by Crippen LogP contribution is 2.23. The first-order valence-electron chi connectivity index (χ1n) is 7.81. The molecule has 0 saturated heterocycles.